The van der Waals surface area contributed by atoms with Crippen molar-refractivity contribution in [3.05, 3.63) is 35.1 Å². The third-order valence-corrected chi connectivity index (χ3v) is 4.49. The van der Waals surface area contributed by atoms with E-state index in [4.69, 9.17) is 11.6 Å². The first kappa shape index (κ1) is 14.9. The highest BCUT2D eigenvalue weighted by Crippen LogP contribution is 2.27. The molecule has 2 aromatic heterocycles. The first-order chi connectivity index (χ1) is 10.6. The first-order valence-electron chi connectivity index (χ1n) is 6.91. The molecule has 114 valence electrons. The normalized spacial score (nSPS) is 11.0. The van der Waals surface area contributed by atoms with Gasteiger partial charge in [0, 0.05) is 23.7 Å². The van der Waals surface area contributed by atoms with E-state index in [-0.39, 0.29) is 11.7 Å². The number of hydrogen-bond donors (Lipinski definition) is 0. The molecule has 0 saturated carbocycles. The Morgan fingerprint density at radius 2 is 2.09 bits per heavy atom. The monoisotopic (exact) mass is 335 g/mol. The van der Waals surface area contributed by atoms with E-state index in [0.29, 0.717) is 23.1 Å². The zero-order chi connectivity index (χ0) is 15.7. The Bertz CT molecular complexity index is 824. The Morgan fingerprint density at radius 3 is 2.77 bits per heavy atom. The van der Waals surface area contributed by atoms with Gasteiger partial charge in [0.2, 0.25) is 10.8 Å². The van der Waals surface area contributed by atoms with Crippen LogP contribution in [0.5, 0.6) is 0 Å². The second kappa shape index (κ2) is 6.02. The van der Waals surface area contributed by atoms with Gasteiger partial charge >= 0.3 is 0 Å². The molecule has 0 aliphatic carbocycles. The quantitative estimate of drug-likeness (QED) is 0.735. The van der Waals surface area contributed by atoms with Crippen molar-refractivity contribution in [3.63, 3.8) is 0 Å². The molecule has 0 N–H and O–H groups in total. The van der Waals surface area contributed by atoms with E-state index < -0.39 is 0 Å². The van der Waals surface area contributed by atoms with Crippen LogP contribution in [0.25, 0.3) is 15.5 Å². The number of carbonyl (C=O) groups is 1. The second-order valence-corrected chi connectivity index (χ2v) is 6.01. The molecule has 0 aliphatic rings. The summed E-state index contributed by atoms with van der Waals surface area (Å²) in [5.74, 6) is 0.0728. The van der Waals surface area contributed by atoms with Gasteiger partial charge in [0.05, 0.1) is 0 Å². The number of nitrogens with zero attached hydrogens (tertiary/aromatic N) is 5. The van der Waals surface area contributed by atoms with Crippen LogP contribution in [0.3, 0.4) is 0 Å². The standard InChI is InChI=1S/C14H14ClN5OS/c1-3-19(4-2)13(21)11-16-17-14-20(11)18-12(22-14)9-6-5-7-10(15)8-9/h5-8H,3-4H2,1-2H3. The highest BCUT2D eigenvalue weighted by atomic mass is 35.5. The molecule has 3 rings (SSSR count). The van der Waals surface area contributed by atoms with Crippen LogP contribution in [-0.4, -0.2) is 43.7 Å². The number of halogens is 1. The third-order valence-electron chi connectivity index (χ3n) is 3.30. The molecule has 0 radical (unpaired) electrons. The molecule has 0 spiro atoms. The average Bonchev–Trinajstić information content (AvgIpc) is 3.08. The first-order valence-corrected chi connectivity index (χ1v) is 8.11. The maximum atomic E-state index is 12.4. The molecule has 8 heteroatoms. The van der Waals surface area contributed by atoms with E-state index in [9.17, 15) is 4.79 Å². The minimum Gasteiger partial charge on any atom is -0.336 e. The minimum absolute atomic E-state index is 0.166. The lowest BCUT2D eigenvalue weighted by atomic mass is 10.2. The summed E-state index contributed by atoms with van der Waals surface area (Å²) in [5.41, 5.74) is 0.893. The van der Waals surface area contributed by atoms with E-state index in [2.05, 4.69) is 15.3 Å². The van der Waals surface area contributed by atoms with Gasteiger partial charge in [0.25, 0.3) is 5.91 Å². The zero-order valence-electron chi connectivity index (χ0n) is 12.2. The molecule has 22 heavy (non-hydrogen) atoms. The van der Waals surface area contributed by atoms with Gasteiger partial charge in [-0.15, -0.1) is 10.2 Å². The van der Waals surface area contributed by atoms with Gasteiger partial charge in [0.1, 0.15) is 5.01 Å². The Kier molecular flexibility index (Phi) is 4.08. The SMILES string of the molecule is CCN(CC)C(=O)c1nnc2sc(-c3cccc(Cl)c3)nn12. The van der Waals surface area contributed by atoms with Crippen LogP contribution in [0.1, 0.15) is 24.5 Å². The van der Waals surface area contributed by atoms with Gasteiger partial charge < -0.3 is 4.90 Å². The Labute approximate surface area is 136 Å². The van der Waals surface area contributed by atoms with E-state index >= 15 is 0 Å². The highest BCUT2D eigenvalue weighted by molar-refractivity contribution is 7.19. The van der Waals surface area contributed by atoms with Crippen LogP contribution < -0.4 is 0 Å². The lowest BCUT2D eigenvalue weighted by Gasteiger charge is -2.16. The van der Waals surface area contributed by atoms with Crippen molar-refractivity contribution in [1.29, 1.82) is 0 Å². The maximum absolute atomic E-state index is 12.4. The topological polar surface area (TPSA) is 63.4 Å². The van der Waals surface area contributed by atoms with Crippen molar-refractivity contribution in [3.8, 4) is 10.6 Å². The summed E-state index contributed by atoms with van der Waals surface area (Å²) >= 11 is 7.38. The molecule has 0 aliphatic heterocycles. The predicted octanol–water partition coefficient (Wildman–Crippen LogP) is 2.99. The van der Waals surface area contributed by atoms with Crippen LogP contribution in [0.2, 0.25) is 5.02 Å². The highest BCUT2D eigenvalue weighted by Gasteiger charge is 2.22. The summed E-state index contributed by atoms with van der Waals surface area (Å²) in [4.78, 5) is 14.7. The largest absolute Gasteiger partial charge is 0.336 e. The molecule has 0 bridgehead atoms. The van der Waals surface area contributed by atoms with Crippen molar-refractivity contribution in [2.24, 2.45) is 0 Å². The molecule has 3 aromatic rings. The number of hydrogen-bond acceptors (Lipinski definition) is 5. The number of aromatic nitrogens is 4. The molecule has 1 aromatic carbocycles. The lowest BCUT2D eigenvalue weighted by molar-refractivity contribution is 0.0758. The number of benzene rings is 1. The fourth-order valence-electron chi connectivity index (χ4n) is 2.14. The van der Waals surface area contributed by atoms with Crippen molar-refractivity contribution in [2.75, 3.05) is 13.1 Å². The van der Waals surface area contributed by atoms with Crippen molar-refractivity contribution in [1.82, 2.24) is 24.7 Å². The molecule has 1 amide bonds. The maximum Gasteiger partial charge on any atom is 0.293 e. The summed E-state index contributed by atoms with van der Waals surface area (Å²) in [6, 6.07) is 7.42. The number of amides is 1. The smallest absolute Gasteiger partial charge is 0.293 e. The van der Waals surface area contributed by atoms with E-state index in [1.54, 1.807) is 11.0 Å². The Morgan fingerprint density at radius 1 is 1.32 bits per heavy atom. The molecule has 2 heterocycles. The number of rotatable bonds is 4. The summed E-state index contributed by atoms with van der Waals surface area (Å²) < 4.78 is 1.50. The third kappa shape index (κ3) is 2.57. The molecule has 0 atom stereocenters. The summed E-state index contributed by atoms with van der Waals surface area (Å²) in [5, 5.41) is 13.9. The molecule has 6 nitrogen and oxygen atoms in total. The minimum atomic E-state index is -0.166. The van der Waals surface area contributed by atoms with Crippen molar-refractivity contribution in [2.45, 2.75) is 13.8 Å². The molecule has 0 fully saturated rings. The fourth-order valence-corrected chi connectivity index (χ4v) is 3.17. The van der Waals surface area contributed by atoms with E-state index in [0.717, 1.165) is 10.6 Å². The fraction of sp³-hybridized carbons (Fsp3) is 0.286. The molecule has 0 unspecified atom stereocenters. The van der Waals surface area contributed by atoms with Gasteiger partial charge in [-0.25, -0.2) is 0 Å². The van der Waals surface area contributed by atoms with Crippen molar-refractivity contribution < 1.29 is 4.79 Å². The zero-order valence-corrected chi connectivity index (χ0v) is 13.7. The van der Waals surface area contributed by atoms with Gasteiger partial charge in [-0.05, 0) is 26.0 Å². The second-order valence-electron chi connectivity index (χ2n) is 4.61. The molecular weight excluding hydrogens is 322 g/mol. The summed E-state index contributed by atoms with van der Waals surface area (Å²) in [6.07, 6.45) is 0. The van der Waals surface area contributed by atoms with Gasteiger partial charge in [-0.3, -0.25) is 4.79 Å². The number of carbonyl (C=O) groups excluding carboxylic acids is 1. The Balaban J connectivity index is 2.03. The van der Waals surface area contributed by atoms with E-state index in [1.165, 1.54) is 15.9 Å². The lowest BCUT2D eigenvalue weighted by Crippen LogP contribution is -2.32. The molecular formula is C14H14ClN5OS. The van der Waals surface area contributed by atoms with E-state index in [1.807, 2.05) is 32.0 Å². The van der Waals surface area contributed by atoms with Crippen LogP contribution in [0.15, 0.2) is 24.3 Å². The molecule has 0 saturated heterocycles. The number of fused-ring (bicyclic) bond motifs is 1. The average molecular weight is 336 g/mol. The Hall–Kier alpha value is -1.99. The van der Waals surface area contributed by atoms with Gasteiger partial charge in [-0.2, -0.15) is 9.61 Å². The summed E-state index contributed by atoms with van der Waals surface area (Å²) in [6.45, 7) is 5.10. The van der Waals surface area contributed by atoms with Crippen LogP contribution in [0, 0.1) is 0 Å². The van der Waals surface area contributed by atoms with Crippen LogP contribution >= 0.6 is 22.9 Å². The van der Waals surface area contributed by atoms with Gasteiger partial charge in [-0.1, -0.05) is 35.1 Å². The van der Waals surface area contributed by atoms with Crippen LogP contribution in [-0.2, 0) is 0 Å². The summed E-state index contributed by atoms with van der Waals surface area (Å²) in [7, 11) is 0. The predicted molar refractivity (Wildman–Crippen MR) is 86.4 cm³/mol. The van der Waals surface area contributed by atoms with Gasteiger partial charge in [0.15, 0.2) is 0 Å². The van der Waals surface area contributed by atoms with Crippen LogP contribution in [0.4, 0.5) is 0 Å². The van der Waals surface area contributed by atoms with Crippen molar-refractivity contribution >= 4 is 33.8 Å².